The van der Waals surface area contributed by atoms with Gasteiger partial charge in [0.15, 0.2) is 0 Å². The van der Waals surface area contributed by atoms with Crippen LogP contribution in [0.3, 0.4) is 0 Å². The first-order valence-corrected chi connectivity index (χ1v) is 12.7. The molecule has 0 atom stereocenters. The van der Waals surface area contributed by atoms with Gasteiger partial charge in [-0.1, -0.05) is 35.9 Å². The molecule has 5 nitrogen and oxygen atoms in total. The average Bonchev–Trinajstić information content (AvgIpc) is 3.33. The van der Waals surface area contributed by atoms with E-state index in [0.29, 0.717) is 16.4 Å². The molecule has 0 aliphatic carbocycles. The third-order valence-electron chi connectivity index (χ3n) is 6.99. The van der Waals surface area contributed by atoms with E-state index < -0.39 is 0 Å². The van der Waals surface area contributed by atoms with Crippen molar-refractivity contribution in [1.29, 1.82) is 0 Å². The van der Waals surface area contributed by atoms with Crippen LogP contribution >= 0.6 is 11.6 Å². The molecule has 3 aromatic carbocycles. The molecule has 0 saturated carbocycles. The Morgan fingerprint density at radius 2 is 1.70 bits per heavy atom. The normalized spacial score (nSPS) is 12.9. The Morgan fingerprint density at radius 1 is 0.973 bits per heavy atom. The van der Waals surface area contributed by atoms with Crippen LogP contribution in [0.4, 0.5) is 10.1 Å². The van der Waals surface area contributed by atoms with E-state index in [2.05, 4.69) is 9.88 Å². The van der Waals surface area contributed by atoms with Gasteiger partial charge >= 0.3 is 0 Å². The Hall–Kier alpha value is -4.03. The van der Waals surface area contributed by atoms with Crippen molar-refractivity contribution < 1.29 is 13.9 Å². The molecule has 0 unspecified atom stereocenters. The van der Waals surface area contributed by atoms with Gasteiger partial charge in [-0.15, -0.1) is 0 Å². The first kappa shape index (κ1) is 23.4. The van der Waals surface area contributed by atoms with Crippen LogP contribution < -0.4 is 10.1 Å². The van der Waals surface area contributed by atoms with E-state index in [1.54, 1.807) is 31.4 Å². The van der Waals surface area contributed by atoms with Gasteiger partial charge in [0, 0.05) is 23.9 Å². The van der Waals surface area contributed by atoms with Gasteiger partial charge in [-0.05, 0) is 78.9 Å². The van der Waals surface area contributed by atoms with E-state index in [1.807, 2.05) is 47.0 Å². The molecule has 1 amide bonds. The second kappa shape index (κ2) is 9.45. The minimum Gasteiger partial charge on any atom is -0.497 e. The Balaban J connectivity index is 1.60. The van der Waals surface area contributed by atoms with Crippen molar-refractivity contribution in [1.82, 2.24) is 8.97 Å². The number of halogens is 2. The first-order chi connectivity index (χ1) is 18.0. The SMILES string of the molecule is COc1ccc(-c2c3c4n(c(-c5ccc(F)cc5)cn4c2C(=O)Nc2ccccc2Cl)CCCC3)cc1. The van der Waals surface area contributed by atoms with E-state index >= 15 is 0 Å². The van der Waals surface area contributed by atoms with Crippen LogP contribution in [-0.4, -0.2) is 22.0 Å². The number of carbonyl (C=O) groups excluding carboxylic acids is 1. The highest BCUT2D eigenvalue weighted by Crippen LogP contribution is 2.40. The molecule has 2 aromatic heterocycles. The zero-order valence-electron chi connectivity index (χ0n) is 20.3. The summed E-state index contributed by atoms with van der Waals surface area (Å²) in [5.41, 5.74) is 6.92. The maximum atomic E-state index is 14.0. The highest BCUT2D eigenvalue weighted by molar-refractivity contribution is 6.34. The molecule has 7 heteroatoms. The molecule has 0 fully saturated rings. The summed E-state index contributed by atoms with van der Waals surface area (Å²) in [6.45, 7) is 0.813. The summed E-state index contributed by atoms with van der Waals surface area (Å²) < 4.78 is 23.3. The minimum atomic E-state index is -0.278. The fourth-order valence-corrected chi connectivity index (χ4v) is 5.46. The first-order valence-electron chi connectivity index (χ1n) is 12.3. The number of ether oxygens (including phenoxy) is 1. The summed E-state index contributed by atoms with van der Waals surface area (Å²) in [5.74, 6) is 0.229. The third kappa shape index (κ3) is 4.07. The summed E-state index contributed by atoms with van der Waals surface area (Å²) >= 11 is 6.38. The fourth-order valence-electron chi connectivity index (χ4n) is 5.27. The van der Waals surface area contributed by atoms with Gasteiger partial charge in [0.2, 0.25) is 0 Å². The maximum absolute atomic E-state index is 14.0. The predicted octanol–water partition coefficient (Wildman–Crippen LogP) is 7.46. The van der Waals surface area contributed by atoms with Gasteiger partial charge in [0.05, 0.1) is 23.5 Å². The molecule has 5 aromatic rings. The lowest BCUT2D eigenvalue weighted by Gasteiger charge is -2.11. The number of imidazole rings is 1. The number of nitrogens with one attached hydrogen (secondary N) is 1. The topological polar surface area (TPSA) is 47.7 Å². The van der Waals surface area contributed by atoms with Gasteiger partial charge in [-0.2, -0.15) is 0 Å². The van der Waals surface area contributed by atoms with E-state index in [1.165, 1.54) is 12.1 Å². The molecular formula is C30H25ClFN3O2. The highest BCUT2D eigenvalue weighted by Gasteiger charge is 2.30. The van der Waals surface area contributed by atoms with Crippen molar-refractivity contribution in [3.05, 3.63) is 101 Å². The molecule has 1 N–H and O–H groups in total. The van der Waals surface area contributed by atoms with Gasteiger partial charge in [0.25, 0.3) is 5.91 Å². The summed E-state index contributed by atoms with van der Waals surface area (Å²) in [6.07, 6.45) is 4.85. The van der Waals surface area contributed by atoms with E-state index in [0.717, 1.165) is 65.2 Å². The molecule has 6 rings (SSSR count). The molecule has 37 heavy (non-hydrogen) atoms. The Morgan fingerprint density at radius 3 is 2.43 bits per heavy atom. The second-order valence-electron chi connectivity index (χ2n) is 9.19. The Kier molecular flexibility index (Phi) is 5.97. The summed E-state index contributed by atoms with van der Waals surface area (Å²) in [7, 11) is 1.64. The molecular weight excluding hydrogens is 489 g/mol. The largest absolute Gasteiger partial charge is 0.497 e. The Bertz CT molecular complexity index is 1620. The standard InChI is InChI=1S/C30H25ClFN3O2/c1-37-22-15-11-20(12-16-22)27-23-6-4-5-17-34-26(19-9-13-21(32)14-10-19)18-35(30(23)34)28(27)29(36)33-25-8-3-2-7-24(25)31/h2-3,7-16,18H,4-6,17H2,1H3,(H,33,36). The van der Waals surface area contributed by atoms with Crippen molar-refractivity contribution in [3.63, 3.8) is 0 Å². The quantitative estimate of drug-likeness (QED) is 0.265. The van der Waals surface area contributed by atoms with E-state index in [-0.39, 0.29) is 11.7 Å². The van der Waals surface area contributed by atoms with Gasteiger partial charge in [-0.3, -0.25) is 9.20 Å². The maximum Gasteiger partial charge on any atom is 0.273 e. The van der Waals surface area contributed by atoms with Crippen molar-refractivity contribution in [2.24, 2.45) is 0 Å². The number of amides is 1. The van der Waals surface area contributed by atoms with Crippen molar-refractivity contribution in [3.8, 4) is 28.1 Å². The van der Waals surface area contributed by atoms with Gasteiger partial charge in [0.1, 0.15) is 22.9 Å². The average molecular weight is 514 g/mol. The number of aryl methyl sites for hydroxylation is 2. The molecule has 0 radical (unpaired) electrons. The predicted molar refractivity (Wildman–Crippen MR) is 145 cm³/mol. The summed E-state index contributed by atoms with van der Waals surface area (Å²) in [6, 6.07) is 21.5. The number of methoxy groups -OCH3 is 1. The van der Waals surface area contributed by atoms with Gasteiger partial charge < -0.3 is 14.6 Å². The zero-order chi connectivity index (χ0) is 25.5. The van der Waals surface area contributed by atoms with Crippen molar-refractivity contribution in [2.75, 3.05) is 12.4 Å². The Labute approximate surface area is 219 Å². The number of aromatic nitrogens is 2. The summed E-state index contributed by atoms with van der Waals surface area (Å²) in [5, 5.41) is 3.50. The van der Waals surface area contributed by atoms with Crippen LogP contribution in [0.25, 0.3) is 28.0 Å². The van der Waals surface area contributed by atoms with Crippen molar-refractivity contribution in [2.45, 2.75) is 25.8 Å². The van der Waals surface area contributed by atoms with E-state index in [9.17, 15) is 9.18 Å². The van der Waals surface area contributed by atoms with E-state index in [4.69, 9.17) is 16.3 Å². The number of anilines is 1. The van der Waals surface area contributed by atoms with Crippen LogP contribution in [0, 0.1) is 5.82 Å². The van der Waals surface area contributed by atoms with Crippen molar-refractivity contribution >= 4 is 28.8 Å². The molecule has 0 bridgehead atoms. The lowest BCUT2D eigenvalue weighted by molar-refractivity contribution is 0.102. The number of nitrogens with zero attached hydrogens (tertiary/aromatic N) is 2. The minimum absolute atomic E-state index is 0.247. The lowest BCUT2D eigenvalue weighted by Crippen LogP contribution is -2.15. The fraction of sp³-hybridized carbons (Fsp3) is 0.167. The number of carbonyl (C=O) groups is 1. The number of benzene rings is 3. The van der Waals surface area contributed by atoms with Gasteiger partial charge in [-0.25, -0.2) is 4.39 Å². The van der Waals surface area contributed by atoms with Crippen LogP contribution in [0.5, 0.6) is 5.75 Å². The smallest absolute Gasteiger partial charge is 0.273 e. The lowest BCUT2D eigenvalue weighted by atomic mass is 9.97. The number of rotatable bonds is 5. The van der Waals surface area contributed by atoms with Crippen LogP contribution in [0.15, 0.2) is 79.0 Å². The number of para-hydroxylation sites is 1. The molecule has 186 valence electrons. The molecule has 1 aliphatic rings. The number of hydrogen-bond acceptors (Lipinski definition) is 2. The summed E-state index contributed by atoms with van der Waals surface area (Å²) in [4.78, 5) is 14.0. The molecule has 0 saturated heterocycles. The molecule has 0 spiro atoms. The third-order valence-corrected chi connectivity index (χ3v) is 7.32. The second-order valence-corrected chi connectivity index (χ2v) is 9.60. The monoisotopic (exact) mass is 513 g/mol. The molecule has 1 aliphatic heterocycles. The van der Waals surface area contributed by atoms with Crippen LogP contribution in [0.1, 0.15) is 28.9 Å². The highest BCUT2D eigenvalue weighted by atomic mass is 35.5. The molecule has 3 heterocycles. The number of hydrogen-bond donors (Lipinski definition) is 1. The zero-order valence-corrected chi connectivity index (χ0v) is 21.1. The van der Waals surface area contributed by atoms with Crippen LogP contribution in [0.2, 0.25) is 5.02 Å². The van der Waals surface area contributed by atoms with Crippen LogP contribution in [-0.2, 0) is 13.0 Å².